The lowest BCUT2D eigenvalue weighted by Crippen LogP contribution is -2.36. The van der Waals surface area contributed by atoms with E-state index in [-0.39, 0.29) is 11.9 Å². The van der Waals surface area contributed by atoms with Crippen LogP contribution in [-0.4, -0.2) is 38.5 Å². The molecule has 0 aliphatic heterocycles. The molecule has 0 saturated heterocycles. The minimum atomic E-state index is -0.0119. The van der Waals surface area contributed by atoms with Gasteiger partial charge in [-0.25, -0.2) is 9.50 Å². The average Bonchev–Trinajstić information content (AvgIpc) is 3.39. The summed E-state index contributed by atoms with van der Waals surface area (Å²) in [7, 11) is 1.87. The second-order valence-corrected chi connectivity index (χ2v) is 6.48. The summed E-state index contributed by atoms with van der Waals surface area (Å²) >= 11 is 0. The van der Waals surface area contributed by atoms with Gasteiger partial charge in [0.05, 0.1) is 11.9 Å². The fraction of sp³-hybridized carbons (Fsp3) is 0.316. The van der Waals surface area contributed by atoms with E-state index in [0.29, 0.717) is 17.1 Å². The van der Waals surface area contributed by atoms with E-state index in [0.717, 1.165) is 11.3 Å². The average molecular weight is 320 g/mol. The highest BCUT2D eigenvalue weighted by Gasteiger charge is 2.33. The van der Waals surface area contributed by atoms with Gasteiger partial charge in [-0.05, 0) is 31.7 Å². The van der Waals surface area contributed by atoms with E-state index in [4.69, 9.17) is 0 Å². The zero-order valence-corrected chi connectivity index (χ0v) is 13.9. The number of aromatic nitrogens is 3. The van der Waals surface area contributed by atoms with Crippen molar-refractivity contribution in [2.75, 3.05) is 7.05 Å². The number of carbonyl (C=O) groups is 1. The highest BCUT2D eigenvalue weighted by atomic mass is 16.2. The smallest absolute Gasteiger partial charge is 0.259 e. The highest BCUT2D eigenvalue weighted by Crippen LogP contribution is 2.35. The quantitative estimate of drug-likeness (QED) is 0.741. The fourth-order valence-corrected chi connectivity index (χ4v) is 3.14. The molecule has 1 aromatic carbocycles. The number of amides is 1. The molecule has 2 aromatic heterocycles. The predicted octanol–water partition coefficient (Wildman–Crippen LogP) is 3.27. The van der Waals surface area contributed by atoms with Crippen molar-refractivity contribution in [3.05, 3.63) is 54.4 Å². The van der Waals surface area contributed by atoms with Gasteiger partial charge in [-0.3, -0.25) is 4.79 Å². The molecule has 5 heteroatoms. The Hall–Kier alpha value is -2.69. The van der Waals surface area contributed by atoms with Crippen LogP contribution in [0, 0.1) is 5.92 Å². The molecule has 1 amide bonds. The first kappa shape index (κ1) is 14.9. The second-order valence-electron chi connectivity index (χ2n) is 6.48. The van der Waals surface area contributed by atoms with E-state index < -0.39 is 0 Å². The standard InChI is InChI=1S/C19H20N4O/c1-13(14-8-9-14)22(2)19(24)16-12-21-23-17(10-11-20-18(16)23)15-6-4-3-5-7-15/h3-7,10-14H,8-9H2,1-2H3. The minimum absolute atomic E-state index is 0.0119. The van der Waals surface area contributed by atoms with E-state index >= 15 is 0 Å². The normalized spacial score (nSPS) is 15.4. The Morgan fingerprint density at radius 3 is 2.71 bits per heavy atom. The van der Waals surface area contributed by atoms with Crippen molar-refractivity contribution in [2.45, 2.75) is 25.8 Å². The van der Waals surface area contributed by atoms with Crippen LogP contribution in [0.2, 0.25) is 0 Å². The van der Waals surface area contributed by atoms with Crippen LogP contribution in [0.15, 0.2) is 48.8 Å². The lowest BCUT2D eigenvalue weighted by molar-refractivity contribution is 0.0729. The molecule has 0 N–H and O–H groups in total. The third-order valence-electron chi connectivity index (χ3n) is 4.94. The third-order valence-corrected chi connectivity index (χ3v) is 4.94. The Balaban J connectivity index is 1.74. The van der Waals surface area contributed by atoms with E-state index in [1.165, 1.54) is 12.8 Å². The molecule has 1 fully saturated rings. The lowest BCUT2D eigenvalue weighted by Gasteiger charge is -2.24. The molecule has 0 radical (unpaired) electrons. The van der Waals surface area contributed by atoms with E-state index in [9.17, 15) is 4.79 Å². The van der Waals surface area contributed by atoms with Crippen LogP contribution in [0.25, 0.3) is 16.9 Å². The number of fused-ring (bicyclic) bond motifs is 1. The van der Waals surface area contributed by atoms with Gasteiger partial charge < -0.3 is 4.90 Å². The first-order valence-corrected chi connectivity index (χ1v) is 8.32. The SMILES string of the molecule is CC(C1CC1)N(C)C(=O)c1cnn2c(-c3ccccc3)ccnc12. The summed E-state index contributed by atoms with van der Waals surface area (Å²) in [6, 6.07) is 12.2. The maximum Gasteiger partial charge on any atom is 0.259 e. The number of hydrogen-bond acceptors (Lipinski definition) is 3. The van der Waals surface area contributed by atoms with Gasteiger partial charge in [-0.15, -0.1) is 0 Å². The minimum Gasteiger partial charge on any atom is -0.339 e. The Bertz CT molecular complexity index is 883. The fourth-order valence-electron chi connectivity index (χ4n) is 3.14. The van der Waals surface area contributed by atoms with Gasteiger partial charge in [0.2, 0.25) is 0 Å². The first-order chi connectivity index (χ1) is 11.7. The molecule has 4 rings (SSSR count). The van der Waals surface area contributed by atoms with Crippen LogP contribution >= 0.6 is 0 Å². The summed E-state index contributed by atoms with van der Waals surface area (Å²) in [5, 5.41) is 4.42. The molecule has 1 aliphatic rings. The molecule has 1 saturated carbocycles. The zero-order chi connectivity index (χ0) is 16.7. The van der Waals surface area contributed by atoms with Gasteiger partial charge in [-0.2, -0.15) is 5.10 Å². The number of benzene rings is 1. The summed E-state index contributed by atoms with van der Waals surface area (Å²) in [6.07, 6.45) is 5.79. The third kappa shape index (κ3) is 2.46. The van der Waals surface area contributed by atoms with E-state index in [1.807, 2.05) is 48.3 Å². The summed E-state index contributed by atoms with van der Waals surface area (Å²) in [5.74, 6) is 0.621. The monoisotopic (exact) mass is 320 g/mol. The molecule has 24 heavy (non-hydrogen) atoms. The van der Waals surface area contributed by atoms with E-state index in [1.54, 1.807) is 16.9 Å². The van der Waals surface area contributed by atoms with Crippen molar-refractivity contribution in [3.8, 4) is 11.3 Å². The van der Waals surface area contributed by atoms with Crippen molar-refractivity contribution >= 4 is 11.6 Å². The van der Waals surface area contributed by atoms with Crippen molar-refractivity contribution < 1.29 is 4.79 Å². The van der Waals surface area contributed by atoms with Crippen LogP contribution in [0.4, 0.5) is 0 Å². The number of carbonyl (C=O) groups excluding carboxylic acids is 1. The summed E-state index contributed by atoms with van der Waals surface area (Å²) in [5.41, 5.74) is 3.14. The van der Waals surface area contributed by atoms with Gasteiger partial charge in [0.15, 0.2) is 5.65 Å². The van der Waals surface area contributed by atoms with Gasteiger partial charge >= 0.3 is 0 Å². The lowest BCUT2D eigenvalue weighted by atomic mass is 10.1. The van der Waals surface area contributed by atoms with E-state index in [2.05, 4.69) is 17.0 Å². The van der Waals surface area contributed by atoms with Gasteiger partial charge in [0.25, 0.3) is 5.91 Å². The van der Waals surface area contributed by atoms with Crippen LogP contribution in [-0.2, 0) is 0 Å². The zero-order valence-electron chi connectivity index (χ0n) is 13.9. The van der Waals surface area contributed by atoms with Crippen molar-refractivity contribution in [3.63, 3.8) is 0 Å². The topological polar surface area (TPSA) is 50.5 Å². The molecule has 1 atom stereocenters. The number of hydrogen-bond donors (Lipinski definition) is 0. The maximum absolute atomic E-state index is 12.9. The first-order valence-electron chi connectivity index (χ1n) is 8.32. The van der Waals surface area contributed by atoms with Crippen molar-refractivity contribution in [1.29, 1.82) is 0 Å². The molecule has 0 spiro atoms. The Labute approximate surface area is 140 Å². The molecule has 2 heterocycles. The molecule has 122 valence electrons. The van der Waals surface area contributed by atoms with Gasteiger partial charge in [0, 0.05) is 24.8 Å². The second kappa shape index (κ2) is 5.74. The van der Waals surface area contributed by atoms with Crippen LogP contribution in [0.5, 0.6) is 0 Å². The Morgan fingerprint density at radius 1 is 1.25 bits per heavy atom. The molecule has 3 aromatic rings. The molecule has 0 bridgehead atoms. The van der Waals surface area contributed by atoms with Gasteiger partial charge in [-0.1, -0.05) is 30.3 Å². The van der Waals surface area contributed by atoms with Crippen LogP contribution in [0.3, 0.4) is 0 Å². The highest BCUT2D eigenvalue weighted by molar-refractivity contribution is 6.00. The summed E-state index contributed by atoms with van der Waals surface area (Å²) < 4.78 is 1.75. The molecule has 1 aliphatic carbocycles. The Morgan fingerprint density at radius 2 is 2.00 bits per heavy atom. The van der Waals surface area contributed by atoms with Crippen molar-refractivity contribution in [2.24, 2.45) is 5.92 Å². The van der Waals surface area contributed by atoms with Gasteiger partial charge in [0.1, 0.15) is 5.56 Å². The maximum atomic E-state index is 12.9. The summed E-state index contributed by atoms with van der Waals surface area (Å²) in [6.45, 7) is 2.12. The predicted molar refractivity (Wildman–Crippen MR) is 92.7 cm³/mol. The molecular weight excluding hydrogens is 300 g/mol. The van der Waals surface area contributed by atoms with Crippen LogP contribution in [0.1, 0.15) is 30.1 Å². The largest absolute Gasteiger partial charge is 0.339 e. The molecule has 5 nitrogen and oxygen atoms in total. The Kier molecular flexibility index (Phi) is 3.56. The molecular formula is C19H20N4O. The molecule has 1 unspecified atom stereocenters. The number of nitrogens with zero attached hydrogens (tertiary/aromatic N) is 4. The number of rotatable bonds is 4. The van der Waals surface area contributed by atoms with Crippen LogP contribution < -0.4 is 0 Å². The van der Waals surface area contributed by atoms with Crippen molar-refractivity contribution in [1.82, 2.24) is 19.5 Å². The summed E-state index contributed by atoms with van der Waals surface area (Å²) in [4.78, 5) is 19.1.